The maximum atomic E-state index is 5.66. The predicted octanol–water partition coefficient (Wildman–Crippen LogP) is 3.73. The summed E-state index contributed by atoms with van der Waals surface area (Å²) in [5.41, 5.74) is 0.872. The van der Waals surface area contributed by atoms with Crippen molar-refractivity contribution in [1.82, 2.24) is 9.97 Å². The molecule has 0 N–H and O–H groups in total. The second-order valence-corrected chi connectivity index (χ2v) is 4.38. The first-order valence-electron chi connectivity index (χ1n) is 5.01. The summed E-state index contributed by atoms with van der Waals surface area (Å²) in [5, 5.41) is 0. The Morgan fingerprint density at radius 3 is 2.59 bits per heavy atom. The van der Waals surface area contributed by atoms with Crippen LogP contribution in [0.1, 0.15) is 5.56 Å². The molecular formula is C12H11ClN2OS. The van der Waals surface area contributed by atoms with Gasteiger partial charge in [-0.05, 0) is 18.4 Å². The molecule has 0 aliphatic carbocycles. The van der Waals surface area contributed by atoms with E-state index in [1.165, 1.54) is 0 Å². The van der Waals surface area contributed by atoms with Crippen molar-refractivity contribution in [2.24, 2.45) is 0 Å². The lowest BCUT2D eigenvalue weighted by molar-refractivity contribution is 0.431. The molecule has 0 bridgehead atoms. The number of ether oxygens (including phenoxy) is 1. The van der Waals surface area contributed by atoms with E-state index in [9.17, 15) is 0 Å². The third-order valence-electron chi connectivity index (χ3n) is 2.11. The van der Waals surface area contributed by atoms with E-state index in [0.717, 1.165) is 16.2 Å². The minimum absolute atomic E-state index is 0.334. The summed E-state index contributed by atoms with van der Waals surface area (Å²) >= 11 is 7.28. The third kappa shape index (κ3) is 3.11. The molecule has 0 spiro atoms. The molecule has 0 fully saturated rings. The van der Waals surface area contributed by atoms with Crippen molar-refractivity contribution in [3.63, 3.8) is 0 Å². The Bertz CT molecular complexity index is 490. The summed E-state index contributed by atoms with van der Waals surface area (Å²) in [6, 6.07) is 8.11. The number of benzene rings is 1. The topological polar surface area (TPSA) is 35.0 Å². The molecule has 88 valence electrons. The minimum Gasteiger partial charge on any atom is -0.423 e. The number of hydrogen-bond acceptors (Lipinski definition) is 4. The zero-order chi connectivity index (χ0) is 12.1. The Morgan fingerprint density at radius 2 is 1.94 bits per heavy atom. The van der Waals surface area contributed by atoms with Gasteiger partial charge in [-0.15, -0.1) is 23.4 Å². The van der Waals surface area contributed by atoms with E-state index in [0.29, 0.717) is 11.9 Å². The second kappa shape index (κ2) is 5.89. The number of alkyl halides is 1. The van der Waals surface area contributed by atoms with Crippen molar-refractivity contribution in [2.45, 2.75) is 10.8 Å². The van der Waals surface area contributed by atoms with Gasteiger partial charge in [-0.2, -0.15) is 0 Å². The molecule has 0 radical (unpaired) electrons. The molecule has 0 aliphatic heterocycles. The zero-order valence-corrected chi connectivity index (χ0v) is 10.8. The molecule has 0 amide bonds. The van der Waals surface area contributed by atoms with E-state index in [1.807, 2.05) is 30.5 Å². The summed E-state index contributed by atoms with van der Waals surface area (Å²) in [5.74, 6) is 1.17. The van der Waals surface area contributed by atoms with Crippen molar-refractivity contribution in [1.29, 1.82) is 0 Å². The van der Waals surface area contributed by atoms with Crippen LogP contribution in [0.2, 0.25) is 0 Å². The fraction of sp³-hybridized carbons (Fsp3) is 0.167. The SMILES string of the molecule is CSc1ccccc1Oc1ncc(CCl)cn1. The van der Waals surface area contributed by atoms with Gasteiger partial charge in [0, 0.05) is 22.9 Å². The highest BCUT2D eigenvalue weighted by atomic mass is 35.5. The number of halogens is 1. The van der Waals surface area contributed by atoms with Gasteiger partial charge in [-0.3, -0.25) is 0 Å². The average Bonchev–Trinajstić information content (AvgIpc) is 2.40. The van der Waals surface area contributed by atoms with Crippen LogP contribution in [-0.2, 0) is 5.88 Å². The smallest absolute Gasteiger partial charge is 0.321 e. The van der Waals surface area contributed by atoms with Gasteiger partial charge in [0.2, 0.25) is 0 Å². The number of hydrogen-bond donors (Lipinski definition) is 0. The molecular weight excluding hydrogens is 256 g/mol. The van der Waals surface area contributed by atoms with Crippen LogP contribution in [-0.4, -0.2) is 16.2 Å². The molecule has 1 heterocycles. The molecule has 2 aromatic rings. The first-order valence-corrected chi connectivity index (χ1v) is 6.77. The van der Waals surface area contributed by atoms with Crippen molar-refractivity contribution < 1.29 is 4.74 Å². The van der Waals surface area contributed by atoms with E-state index >= 15 is 0 Å². The lowest BCUT2D eigenvalue weighted by Gasteiger charge is -2.07. The van der Waals surface area contributed by atoms with Crippen LogP contribution in [0.5, 0.6) is 11.8 Å². The van der Waals surface area contributed by atoms with Crippen molar-refractivity contribution in [3.05, 3.63) is 42.2 Å². The van der Waals surface area contributed by atoms with Crippen molar-refractivity contribution in [3.8, 4) is 11.8 Å². The van der Waals surface area contributed by atoms with Crippen LogP contribution in [0.3, 0.4) is 0 Å². The standard InChI is InChI=1S/C12H11ClN2OS/c1-17-11-5-3-2-4-10(11)16-12-14-7-9(6-13)8-15-12/h2-5,7-8H,6H2,1H3. The van der Waals surface area contributed by atoms with E-state index in [1.54, 1.807) is 24.2 Å². The average molecular weight is 267 g/mol. The van der Waals surface area contributed by atoms with E-state index in [4.69, 9.17) is 16.3 Å². The van der Waals surface area contributed by atoms with Crippen LogP contribution in [0.15, 0.2) is 41.6 Å². The molecule has 0 saturated carbocycles. The number of rotatable bonds is 4. The lowest BCUT2D eigenvalue weighted by atomic mass is 10.3. The molecule has 3 nitrogen and oxygen atoms in total. The van der Waals surface area contributed by atoms with Gasteiger partial charge in [0.15, 0.2) is 0 Å². The summed E-state index contributed by atoms with van der Waals surface area (Å²) in [6.45, 7) is 0. The first kappa shape index (κ1) is 12.2. The van der Waals surface area contributed by atoms with Crippen molar-refractivity contribution in [2.75, 3.05) is 6.26 Å². The first-order chi connectivity index (χ1) is 8.33. The highest BCUT2D eigenvalue weighted by Crippen LogP contribution is 2.29. The molecule has 5 heteroatoms. The van der Waals surface area contributed by atoms with Crippen LogP contribution < -0.4 is 4.74 Å². The molecule has 2 rings (SSSR count). The monoisotopic (exact) mass is 266 g/mol. The maximum absolute atomic E-state index is 5.66. The summed E-state index contributed by atoms with van der Waals surface area (Å²) in [6.07, 6.45) is 5.33. The Labute approximate surface area is 109 Å². The van der Waals surface area contributed by atoms with Gasteiger partial charge in [0.25, 0.3) is 0 Å². The van der Waals surface area contributed by atoms with Gasteiger partial charge < -0.3 is 4.74 Å². The molecule has 0 saturated heterocycles. The molecule has 17 heavy (non-hydrogen) atoms. The normalized spacial score (nSPS) is 10.2. The number of nitrogens with zero attached hydrogens (tertiary/aromatic N) is 2. The van der Waals surface area contributed by atoms with Gasteiger partial charge in [0.1, 0.15) is 5.75 Å². The number of thioether (sulfide) groups is 1. The number of aromatic nitrogens is 2. The third-order valence-corrected chi connectivity index (χ3v) is 3.19. The quantitative estimate of drug-likeness (QED) is 0.624. The molecule has 1 aromatic carbocycles. The highest BCUT2D eigenvalue weighted by molar-refractivity contribution is 7.98. The van der Waals surface area contributed by atoms with Crippen LogP contribution >= 0.6 is 23.4 Å². The lowest BCUT2D eigenvalue weighted by Crippen LogP contribution is -1.93. The van der Waals surface area contributed by atoms with Gasteiger partial charge in [-0.1, -0.05) is 12.1 Å². The molecule has 0 atom stereocenters. The second-order valence-electron chi connectivity index (χ2n) is 3.26. The molecule has 0 aliphatic rings. The summed E-state index contributed by atoms with van der Waals surface area (Å²) in [4.78, 5) is 9.24. The predicted molar refractivity (Wildman–Crippen MR) is 69.9 cm³/mol. The Kier molecular flexibility index (Phi) is 4.23. The number of para-hydroxylation sites is 1. The minimum atomic E-state index is 0.334. The maximum Gasteiger partial charge on any atom is 0.321 e. The fourth-order valence-corrected chi connectivity index (χ4v) is 1.93. The largest absolute Gasteiger partial charge is 0.423 e. The van der Waals surface area contributed by atoms with Crippen LogP contribution in [0.4, 0.5) is 0 Å². The van der Waals surface area contributed by atoms with Crippen LogP contribution in [0.25, 0.3) is 0 Å². The Balaban J connectivity index is 2.19. The highest BCUT2D eigenvalue weighted by Gasteiger charge is 2.05. The molecule has 1 aromatic heterocycles. The molecule has 0 unspecified atom stereocenters. The summed E-state index contributed by atoms with van der Waals surface area (Å²) < 4.78 is 5.61. The van der Waals surface area contributed by atoms with E-state index in [2.05, 4.69) is 9.97 Å². The van der Waals surface area contributed by atoms with Crippen molar-refractivity contribution >= 4 is 23.4 Å². The van der Waals surface area contributed by atoms with Gasteiger partial charge in [-0.25, -0.2) is 9.97 Å². The van der Waals surface area contributed by atoms with Crippen LogP contribution in [0, 0.1) is 0 Å². The van der Waals surface area contributed by atoms with Gasteiger partial charge >= 0.3 is 6.01 Å². The van der Waals surface area contributed by atoms with Gasteiger partial charge in [0.05, 0.1) is 5.88 Å². The fourth-order valence-electron chi connectivity index (χ4n) is 1.27. The Hall–Kier alpha value is -1.26. The zero-order valence-electron chi connectivity index (χ0n) is 9.26. The van der Waals surface area contributed by atoms with E-state index in [-0.39, 0.29) is 0 Å². The van der Waals surface area contributed by atoms with E-state index < -0.39 is 0 Å². The Morgan fingerprint density at radius 1 is 1.24 bits per heavy atom. The summed E-state index contributed by atoms with van der Waals surface area (Å²) in [7, 11) is 0.